The monoisotopic (exact) mass is 498 g/mol. The van der Waals surface area contributed by atoms with Crippen molar-refractivity contribution in [3.63, 3.8) is 0 Å². The molecule has 3 aromatic rings. The largest absolute Gasteiger partial charge is 0.457 e. The minimum absolute atomic E-state index is 0.270. The molecule has 0 spiro atoms. The molecule has 0 saturated heterocycles. The summed E-state index contributed by atoms with van der Waals surface area (Å²) in [5, 5.41) is 2.83. The van der Waals surface area contributed by atoms with Crippen LogP contribution in [-0.2, 0) is 20.6 Å². The Bertz CT molecular complexity index is 1170. The summed E-state index contributed by atoms with van der Waals surface area (Å²) in [7, 11) is -3.63. The molecule has 180 valence electrons. The molecule has 0 aliphatic heterocycles. The number of hydrogen-bond acceptors (Lipinski definition) is 5. The number of nitrogens with one attached hydrogen (secondary N) is 1. The van der Waals surface area contributed by atoms with Crippen molar-refractivity contribution in [2.45, 2.75) is 19.1 Å². The number of nitrogens with zero attached hydrogens (tertiary/aromatic N) is 1. The maximum Gasteiger partial charge on any atom is 0.240 e. The summed E-state index contributed by atoms with van der Waals surface area (Å²) in [4.78, 5) is 12.4. The zero-order chi connectivity index (χ0) is 24.4. The number of hydrogen-bond donors (Lipinski definition) is 1. The number of carbonyl (C=O) groups excluding carboxylic acids is 1. The predicted molar refractivity (Wildman–Crippen MR) is 140 cm³/mol. The first-order valence-corrected chi connectivity index (χ1v) is 14.0. The van der Waals surface area contributed by atoms with Crippen LogP contribution in [0.4, 0.5) is 5.69 Å². The molecule has 3 rings (SSSR count). The van der Waals surface area contributed by atoms with Crippen LogP contribution in [0.5, 0.6) is 11.5 Å². The maximum absolute atomic E-state index is 12.4. The topological polar surface area (TPSA) is 75.7 Å². The van der Waals surface area contributed by atoms with E-state index >= 15 is 0 Å². The standard InChI is InChI=1S/C26H30N2O4S2/c1-21-9-6-7-10-22(21)20-33-18-8-17-27-26(29)19-28(34(2,30)31)23-13-15-25(16-14-23)32-24-11-4-3-5-12-24/h3-7,9-16H,8,17-20H2,1-2H3,(H,27,29). The number of para-hydroxylation sites is 1. The second-order valence-electron chi connectivity index (χ2n) is 7.86. The van der Waals surface area contributed by atoms with E-state index in [9.17, 15) is 13.2 Å². The van der Waals surface area contributed by atoms with Gasteiger partial charge in [0.25, 0.3) is 0 Å². The lowest BCUT2D eigenvalue weighted by Crippen LogP contribution is -2.40. The lowest BCUT2D eigenvalue weighted by atomic mass is 10.1. The molecular formula is C26H30N2O4S2. The van der Waals surface area contributed by atoms with Gasteiger partial charge in [-0.1, -0.05) is 42.5 Å². The van der Waals surface area contributed by atoms with Crippen LogP contribution in [0, 0.1) is 6.92 Å². The SMILES string of the molecule is Cc1ccccc1CSCCCNC(=O)CN(c1ccc(Oc2ccccc2)cc1)S(C)(=O)=O. The van der Waals surface area contributed by atoms with Crippen LogP contribution in [-0.4, -0.2) is 39.4 Å². The van der Waals surface area contributed by atoms with Crippen LogP contribution < -0.4 is 14.4 Å². The summed E-state index contributed by atoms with van der Waals surface area (Å²) in [5.41, 5.74) is 3.01. The van der Waals surface area contributed by atoms with Gasteiger partial charge in [-0.25, -0.2) is 8.42 Å². The number of carbonyl (C=O) groups is 1. The summed E-state index contributed by atoms with van der Waals surface area (Å²) in [5.74, 6) is 2.78. The highest BCUT2D eigenvalue weighted by Crippen LogP contribution is 2.25. The van der Waals surface area contributed by atoms with Gasteiger partial charge in [0.1, 0.15) is 18.0 Å². The van der Waals surface area contributed by atoms with Gasteiger partial charge in [0.15, 0.2) is 0 Å². The lowest BCUT2D eigenvalue weighted by Gasteiger charge is -2.22. The number of sulfonamides is 1. The smallest absolute Gasteiger partial charge is 0.240 e. The average molecular weight is 499 g/mol. The molecule has 0 radical (unpaired) electrons. The van der Waals surface area contributed by atoms with Crippen molar-refractivity contribution in [3.8, 4) is 11.5 Å². The van der Waals surface area contributed by atoms with E-state index in [4.69, 9.17) is 4.74 Å². The van der Waals surface area contributed by atoms with Crippen molar-refractivity contribution in [2.75, 3.05) is 29.4 Å². The number of thioether (sulfide) groups is 1. The second-order valence-corrected chi connectivity index (χ2v) is 10.9. The van der Waals surface area contributed by atoms with Gasteiger partial charge < -0.3 is 10.1 Å². The van der Waals surface area contributed by atoms with Crippen LogP contribution in [0.15, 0.2) is 78.9 Å². The van der Waals surface area contributed by atoms with Crippen LogP contribution in [0.2, 0.25) is 0 Å². The molecule has 0 atom stereocenters. The Morgan fingerprint density at radius 2 is 1.59 bits per heavy atom. The first kappa shape index (κ1) is 25.6. The van der Waals surface area contributed by atoms with Crippen LogP contribution in [0.1, 0.15) is 17.5 Å². The zero-order valence-electron chi connectivity index (χ0n) is 19.4. The highest BCUT2D eigenvalue weighted by molar-refractivity contribution is 7.98. The summed E-state index contributed by atoms with van der Waals surface area (Å²) in [6.07, 6.45) is 1.91. The molecule has 6 nitrogen and oxygen atoms in total. The summed E-state index contributed by atoms with van der Waals surface area (Å²) in [6, 6.07) is 24.3. The molecule has 3 aromatic carbocycles. The number of aryl methyl sites for hydroxylation is 1. The van der Waals surface area contributed by atoms with Crippen molar-refractivity contribution in [1.82, 2.24) is 5.32 Å². The maximum atomic E-state index is 12.4. The quantitative estimate of drug-likeness (QED) is 0.356. The summed E-state index contributed by atoms with van der Waals surface area (Å²) in [6.45, 7) is 2.34. The molecule has 1 N–H and O–H groups in total. The van der Waals surface area contributed by atoms with Crippen LogP contribution in [0.25, 0.3) is 0 Å². The van der Waals surface area contributed by atoms with E-state index < -0.39 is 10.0 Å². The molecule has 0 aliphatic carbocycles. The minimum Gasteiger partial charge on any atom is -0.457 e. The van der Waals surface area contributed by atoms with Crippen molar-refractivity contribution < 1.29 is 17.9 Å². The Morgan fingerprint density at radius 3 is 2.26 bits per heavy atom. The van der Waals surface area contributed by atoms with Gasteiger partial charge in [0.05, 0.1) is 11.9 Å². The van der Waals surface area contributed by atoms with Crippen molar-refractivity contribution in [3.05, 3.63) is 90.0 Å². The van der Waals surface area contributed by atoms with E-state index in [-0.39, 0.29) is 12.5 Å². The van der Waals surface area contributed by atoms with Gasteiger partial charge in [-0.3, -0.25) is 9.10 Å². The fraction of sp³-hybridized carbons (Fsp3) is 0.269. The highest BCUT2D eigenvalue weighted by atomic mass is 32.2. The van der Waals surface area contributed by atoms with Crippen molar-refractivity contribution >= 4 is 33.4 Å². The fourth-order valence-electron chi connectivity index (χ4n) is 3.25. The highest BCUT2D eigenvalue weighted by Gasteiger charge is 2.20. The van der Waals surface area contributed by atoms with Gasteiger partial charge in [0.2, 0.25) is 15.9 Å². The first-order valence-electron chi connectivity index (χ1n) is 11.0. The van der Waals surface area contributed by atoms with Gasteiger partial charge in [-0.2, -0.15) is 11.8 Å². The summed E-state index contributed by atoms with van der Waals surface area (Å²) >= 11 is 1.82. The zero-order valence-corrected chi connectivity index (χ0v) is 21.1. The van der Waals surface area contributed by atoms with E-state index in [1.54, 1.807) is 24.3 Å². The van der Waals surface area contributed by atoms with Crippen molar-refractivity contribution in [2.24, 2.45) is 0 Å². The van der Waals surface area contributed by atoms with Gasteiger partial charge in [-0.05, 0) is 66.6 Å². The predicted octanol–water partition coefficient (Wildman–Crippen LogP) is 4.99. The normalized spacial score (nSPS) is 11.1. The summed E-state index contributed by atoms with van der Waals surface area (Å²) < 4.78 is 31.5. The molecule has 0 bridgehead atoms. The van der Waals surface area contributed by atoms with Crippen LogP contribution in [0.3, 0.4) is 0 Å². The number of amides is 1. The second kappa shape index (κ2) is 12.5. The number of ether oxygens (including phenoxy) is 1. The van der Waals surface area contributed by atoms with E-state index in [1.165, 1.54) is 11.1 Å². The van der Waals surface area contributed by atoms with E-state index in [2.05, 4.69) is 24.4 Å². The minimum atomic E-state index is -3.63. The first-order chi connectivity index (χ1) is 16.3. The lowest BCUT2D eigenvalue weighted by molar-refractivity contribution is -0.119. The molecule has 0 fully saturated rings. The van der Waals surface area contributed by atoms with E-state index in [0.717, 1.165) is 28.5 Å². The Balaban J connectivity index is 1.47. The fourth-order valence-corrected chi connectivity index (χ4v) is 5.14. The molecule has 0 saturated carbocycles. The van der Waals surface area contributed by atoms with Crippen LogP contribution >= 0.6 is 11.8 Å². The van der Waals surface area contributed by atoms with Crippen molar-refractivity contribution in [1.29, 1.82) is 0 Å². The molecular weight excluding hydrogens is 468 g/mol. The molecule has 34 heavy (non-hydrogen) atoms. The third kappa shape index (κ3) is 8.11. The molecule has 8 heteroatoms. The number of rotatable bonds is 12. The molecule has 0 aromatic heterocycles. The number of benzene rings is 3. The Kier molecular flexibility index (Phi) is 9.42. The third-order valence-corrected chi connectivity index (χ3v) is 7.33. The Hall–Kier alpha value is -2.97. The van der Waals surface area contributed by atoms with E-state index in [0.29, 0.717) is 23.7 Å². The average Bonchev–Trinajstić information content (AvgIpc) is 2.81. The molecule has 0 aliphatic rings. The van der Waals surface area contributed by atoms with Gasteiger partial charge in [0, 0.05) is 12.3 Å². The Morgan fingerprint density at radius 1 is 0.941 bits per heavy atom. The molecule has 1 amide bonds. The third-order valence-electron chi connectivity index (χ3n) is 5.10. The number of anilines is 1. The van der Waals surface area contributed by atoms with E-state index in [1.807, 2.05) is 54.2 Å². The van der Waals surface area contributed by atoms with Gasteiger partial charge in [-0.15, -0.1) is 0 Å². The Labute approximate surface area is 206 Å². The molecule has 0 unspecified atom stereocenters. The van der Waals surface area contributed by atoms with Gasteiger partial charge >= 0.3 is 0 Å². The molecule has 0 heterocycles.